The Hall–Kier alpha value is -0.610. The summed E-state index contributed by atoms with van der Waals surface area (Å²) in [5, 5.41) is 4.62. The van der Waals surface area contributed by atoms with Crippen LogP contribution in [0.2, 0.25) is 0 Å². The maximum absolute atomic E-state index is 5.91. The van der Waals surface area contributed by atoms with E-state index in [0.29, 0.717) is 0 Å². The fourth-order valence-electron chi connectivity index (χ4n) is 2.37. The molecular formula is C13H20BrN3. The molecular weight excluding hydrogens is 278 g/mol. The molecule has 0 radical (unpaired) electrons. The molecule has 0 fully saturated rings. The molecule has 0 saturated carbocycles. The molecule has 1 aliphatic rings. The Morgan fingerprint density at radius 2 is 2.29 bits per heavy atom. The van der Waals surface area contributed by atoms with Gasteiger partial charge < -0.3 is 5.73 Å². The van der Waals surface area contributed by atoms with Crippen LogP contribution in [0.3, 0.4) is 0 Å². The van der Waals surface area contributed by atoms with Crippen LogP contribution in [0.15, 0.2) is 16.1 Å². The van der Waals surface area contributed by atoms with Crippen molar-refractivity contribution in [2.24, 2.45) is 5.73 Å². The van der Waals surface area contributed by atoms with Gasteiger partial charge in [-0.05, 0) is 42.1 Å². The zero-order chi connectivity index (χ0) is 12.4. The number of hydrogen-bond donors (Lipinski definition) is 1. The third-order valence-electron chi connectivity index (χ3n) is 3.34. The van der Waals surface area contributed by atoms with Crippen molar-refractivity contribution in [1.29, 1.82) is 0 Å². The smallest absolute Gasteiger partial charge is 0.0766 e. The summed E-state index contributed by atoms with van der Waals surface area (Å²) in [5.74, 6) is 0. The number of allylic oxidation sites excluding steroid dienone is 1. The second kappa shape index (κ2) is 5.36. The van der Waals surface area contributed by atoms with Gasteiger partial charge in [-0.2, -0.15) is 5.10 Å². The van der Waals surface area contributed by atoms with E-state index in [0.717, 1.165) is 37.9 Å². The third-order valence-corrected chi connectivity index (χ3v) is 4.25. The average Bonchev–Trinajstić information content (AvgIpc) is 2.85. The second-order valence-corrected chi connectivity index (χ2v) is 5.37. The fourth-order valence-corrected chi connectivity index (χ4v) is 3.07. The van der Waals surface area contributed by atoms with Gasteiger partial charge in [-0.15, -0.1) is 0 Å². The molecule has 0 saturated heterocycles. The minimum Gasteiger partial charge on any atom is -0.324 e. The highest BCUT2D eigenvalue weighted by molar-refractivity contribution is 9.10. The summed E-state index contributed by atoms with van der Waals surface area (Å²) in [6.07, 6.45) is 6.39. The van der Waals surface area contributed by atoms with E-state index in [1.165, 1.54) is 15.7 Å². The van der Waals surface area contributed by atoms with Crippen molar-refractivity contribution >= 4 is 15.9 Å². The number of hydrogen-bond acceptors (Lipinski definition) is 2. The Morgan fingerprint density at radius 3 is 2.82 bits per heavy atom. The number of rotatable bonds is 4. The highest BCUT2D eigenvalue weighted by Crippen LogP contribution is 2.28. The first-order valence-corrected chi connectivity index (χ1v) is 7.14. The lowest BCUT2D eigenvalue weighted by atomic mass is 10.1. The molecule has 0 amide bonds. The van der Waals surface area contributed by atoms with Crippen LogP contribution in [0.1, 0.15) is 38.1 Å². The molecule has 94 valence electrons. The van der Waals surface area contributed by atoms with Crippen LogP contribution >= 0.6 is 15.9 Å². The molecule has 2 N–H and O–H groups in total. The molecule has 0 bridgehead atoms. The molecule has 0 aromatic carbocycles. The van der Waals surface area contributed by atoms with Crippen molar-refractivity contribution < 1.29 is 0 Å². The minimum atomic E-state index is 0.257. The Labute approximate surface area is 111 Å². The summed E-state index contributed by atoms with van der Waals surface area (Å²) in [5.41, 5.74) is 9.82. The highest BCUT2D eigenvalue weighted by atomic mass is 79.9. The monoisotopic (exact) mass is 297 g/mol. The maximum Gasteiger partial charge on any atom is 0.0766 e. The molecule has 4 heteroatoms. The summed E-state index contributed by atoms with van der Waals surface area (Å²) >= 11 is 3.68. The van der Waals surface area contributed by atoms with Crippen LogP contribution in [-0.4, -0.2) is 15.8 Å². The lowest BCUT2D eigenvalue weighted by Gasteiger charge is -2.06. The number of nitrogens with zero attached hydrogens (tertiary/aromatic N) is 2. The summed E-state index contributed by atoms with van der Waals surface area (Å²) in [6.45, 7) is 5.20. The first kappa shape index (κ1) is 12.8. The zero-order valence-electron chi connectivity index (χ0n) is 10.5. The van der Waals surface area contributed by atoms with Crippen LogP contribution < -0.4 is 5.73 Å². The van der Waals surface area contributed by atoms with Gasteiger partial charge in [-0.1, -0.05) is 18.6 Å². The highest BCUT2D eigenvalue weighted by Gasteiger charge is 2.18. The molecule has 17 heavy (non-hydrogen) atoms. The van der Waals surface area contributed by atoms with Crippen LogP contribution in [-0.2, 0) is 19.4 Å². The van der Waals surface area contributed by atoms with Crippen LogP contribution in [0, 0.1) is 0 Å². The zero-order valence-corrected chi connectivity index (χ0v) is 12.1. The van der Waals surface area contributed by atoms with Crippen molar-refractivity contribution in [3.8, 4) is 0 Å². The third kappa shape index (κ3) is 2.63. The fraction of sp³-hybridized carbons (Fsp3) is 0.615. The second-order valence-electron chi connectivity index (χ2n) is 4.58. The molecule has 3 nitrogen and oxygen atoms in total. The van der Waals surface area contributed by atoms with E-state index in [2.05, 4.69) is 45.6 Å². The molecule has 1 aromatic heterocycles. The van der Waals surface area contributed by atoms with Crippen LogP contribution in [0.5, 0.6) is 0 Å². The van der Waals surface area contributed by atoms with Gasteiger partial charge in [0.1, 0.15) is 0 Å². The largest absolute Gasteiger partial charge is 0.324 e. The lowest BCUT2D eigenvalue weighted by Crippen LogP contribution is -2.11. The Bertz CT molecular complexity index is 434. The van der Waals surface area contributed by atoms with Gasteiger partial charge in [0.2, 0.25) is 0 Å². The van der Waals surface area contributed by atoms with E-state index in [-0.39, 0.29) is 6.04 Å². The van der Waals surface area contributed by atoms with Gasteiger partial charge in [-0.25, -0.2) is 0 Å². The van der Waals surface area contributed by atoms with Crippen molar-refractivity contribution in [1.82, 2.24) is 9.78 Å². The predicted molar refractivity (Wildman–Crippen MR) is 74.0 cm³/mol. The van der Waals surface area contributed by atoms with Gasteiger partial charge in [-0.3, -0.25) is 4.68 Å². The summed E-state index contributed by atoms with van der Waals surface area (Å²) in [4.78, 5) is 0. The predicted octanol–water partition coefficient (Wildman–Crippen LogP) is 2.82. The molecule has 0 aliphatic heterocycles. The first-order chi connectivity index (χ1) is 8.15. The van der Waals surface area contributed by atoms with Crippen molar-refractivity contribution in [2.75, 3.05) is 0 Å². The lowest BCUT2D eigenvalue weighted by molar-refractivity contribution is 0.618. The summed E-state index contributed by atoms with van der Waals surface area (Å²) in [6, 6.07) is 0.257. The summed E-state index contributed by atoms with van der Waals surface area (Å²) < 4.78 is 3.29. The Morgan fingerprint density at radius 1 is 1.53 bits per heavy atom. The average molecular weight is 298 g/mol. The van der Waals surface area contributed by atoms with Crippen LogP contribution in [0.4, 0.5) is 0 Å². The molecule has 2 rings (SSSR count). The molecule has 1 aromatic rings. The van der Waals surface area contributed by atoms with E-state index in [9.17, 15) is 0 Å². The molecule has 1 atom stereocenters. The van der Waals surface area contributed by atoms with E-state index in [1.807, 2.05) is 0 Å². The number of aryl methyl sites for hydroxylation is 2. The summed E-state index contributed by atoms with van der Waals surface area (Å²) in [7, 11) is 0. The van der Waals surface area contributed by atoms with E-state index in [1.54, 1.807) is 0 Å². The van der Waals surface area contributed by atoms with Gasteiger partial charge in [0.05, 0.1) is 15.9 Å². The van der Waals surface area contributed by atoms with Crippen molar-refractivity contribution in [2.45, 2.75) is 52.1 Å². The number of aromatic nitrogens is 2. The first-order valence-electron chi connectivity index (χ1n) is 6.34. The number of nitrogens with two attached hydrogens (primary N) is 1. The van der Waals surface area contributed by atoms with E-state index in [4.69, 9.17) is 5.73 Å². The van der Waals surface area contributed by atoms with Gasteiger partial charge in [0, 0.05) is 19.0 Å². The molecule has 1 aliphatic carbocycles. The van der Waals surface area contributed by atoms with E-state index >= 15 is 0 Å². The quantitative estimate of drug-likeness (QED) is 0.869. The SMILES string of the molecule is CCc1nn(CC)c(CC2=CC(N)CC2)c1Br. The number of halogens is 1. The standard InChI is InChI=1S/C13H20BrN3/c1-3-11-13(14)12(17(4-2)16-11)8-9-5-6-10(15)7-9/h7,10H,3-6,8,15H2,1-2H3. The molecule has 1 heterocycles. The Kier molecular flexibility index (Phi) is 4.05. The maximum atomic E-state index is 5.91. The van der Waals surface area contributed by atoms with Crippen molar-refractivity contribution in [3.63, 3.8) is 0 Å². The van der Waals surface area contributed by atoms with Gasteiger partial charge in [0.15, 0.2) is 0 Å². The normalized spacial score (nSPS) is 19.8. The van der Waals surface area contributed by atoms with Gasteiger partial charge >= 0.3 is 0 Å². The van der Waals surface area contributed by atoms with E-state index < -0.39 is 0 Å². The van der Waals surface area contributed by atoms with Gasteiger partial charge in [0.25, 0.3) is 0 Å². The topological polar surface area (TPSA) is 43.8 Å². The van der Waals surface area contributed by atoms with Crippen molar-refractivity contribution in [3.05, 3.63) is 27.5 Å². The molecule has 0 spiro atoms. The van der Waals surface area contributed by atoms with Crippen LogP contribution in [0.25, 0.3) is 0 Å². The Balaban J connectivity index is 2.25. The molecule has 1 unspecified atom stereocenters. The minimum absolute atomic E-state index is 0.257.